The molecular weight excluding hydrogens is 344 g/mol. The minimum absolute atomic E-state index is 0.212. The summed E-state index contributed by atoms with van der Waals surface area (Å²) >= 11 is 0. The van der Waals surface area contributed by atoms with Gasteiger partial charge in [0.15, 0.2) is 0 Å². The van der Waals surface area contributed by atoms with Crippen molar-refractivity contribution in [2.45, 2.75) is 44.7 Å². The lowest BCUT2D eigenvalue weighted by molar-refractivity contribution is -0.147. The predicted molar refractivity (Wildman–Crippen MR) is 104 cm³/mol. The zero-order chi connectivity index (χ0) is 19.5. The minimum Gasteiger partial charge on any atom is -0.460 e. The molecule has 146 valence electrons. The van der Waals surface area contributed by atoms with Crippen LogP contribution in [0.5, 0.6) is 0 Å². The van der Waals surface area contributed by atoms with Gasteiger partial charge in [-0.3, -0.25) is 14.8 Å². The van der Waals surface area contributed by atoms with E-state index in [9.17, 15) is 9.59 Å². The molecule has 1 saturated carbocycles. The number of carbonyl (C=O) groups is 2. The number of hydrogen-bond acceptors (Lipinski definition) is 5. The second kappa shape index (κ2) is 11.3. The Morgan fingerprint density at radius 2 is 1.93 bits per heavy atom. The molecule has 1 atom stereocenters. The van der Waals surface area contributed by atoms with Gasteiger partial charge in [0, 0.05) is 12.6 Å². The van der Waals surface area contributed by atoms with Gasteiger partial charge in [0.1, 0.15) is 12.6 Å². The topological polar surface area (TPSA) is 87.7 Å². The first kappa shape index (κ1) is 20.9. The van der Waals surface area contributed by atoms with Crippen molar-refractivity contribution in [2.75, 3.05) is 6.61 Å². The number of rotatable bonds is 9. The lowest BCUT2D eigenvalue weighted by Crippen LogP contribution is -2.44. The number of hydroxylamine groups is 1. The van der Waals surface area contributed by atoms with E-state index in [4.69, 9.17) is 9.94 Å². The minimum atomic E-state index is -0.575. The predicted octanol–water partition coefficient (Wildman–Crippen LogP) is 2.97. The SMILES string of the molecule is C=CCOC(=O)[C@@H](NCc1ccc(/C=C/C(=O)NO)cc1)C1CCCCC1. The molecule has 2 rings (SSSR count). The van der Waals surface area contributed by atoms with Gasteiger partial charge in [-0.25, -0.2) is 5.48 Å². The Hall–Kier alpha value is -2.44. The molecule has 0 bridgehead atoms. The van der Waals surface area contributed by atoms with Crippen LogP contribution in [0.3, 0.4) is 0 Å². The molecule has 27 heavy (non-hydrogen) atoms. The lowest BCUT2D eigenvalue weighted by Gasteiger charge is -2.29. The Bertz CT molecular complexity index is 649. The Morgan fingerprint density at radius 3 is 2.56 bits per heavy atom. The van der Waals surface area contributed by atoms with E-state index in [-0.39, 0.29) is 18.6 Å². The summed E-state index contributed by atoms with van der Waals surface area (Å²) < 4.78 is 5.29. The summed E-state index contributed by atoms with van der Waals surface area (Å²) in [6.07, 6.45) is 10.1. The summed E-state index contributed by atoms with van der Waals surface area (Å²) in [7, 11) is 0. The molecule has 0 unspecified atom stereocenters. The maximum atomic E-state index is 12.5. The highest BCUT2D eigenvalue weighted by molar-refractivity contribution is 5.90. The van der Waals surface area contributed by atoms with E-state index < -0.39 is 5.91 Å². The quantitative estimate of drug-likeness (QED) is 0.204. The van der Waals surface area contributed by atoms with Crippen LogP contribution in [-0.2, 0) is 20.9 Å². The van der Waals surface area contributed by atoms with Gasteiger partial charge in [0.2, 0.25) is 0 Å². The van der Waals surface area contributed by atoms with Crippen molar-refractivity contribution in [1.82, 2.24) is 10.8 Å². The van der Waals surface area contributed by atoms with E-state index in [1.54, 1.807) is 17.6 Å². The molecule has 0 radical (unpaired) electrons. The van der Waals surface area contributed by atoms with Crippen LogP contribution in [0.25, 0.3) is 6.08 Å². The van der Waals surface area contributed by atoms with Gasteiger partial charge in [-0.2, -0.15) is 0 Å². The normalized spacial score (nSPS) is 16.0. The molecule has 3 N–H and O–H groups in total. The number of benzene rings is 1. The monoisotopic (exact) mass is 372 g/mol. The lowest BCUT2D eigenvalue weighted by atomic mass is 9.84. The van der Waals surface area contributed by atoms with E-state index in [0.29, 0.717) is 12.5 Å². The van der Waals surface area contributed by atoms with Gasteiger partial charge in [-0.15, -0.1) is 0 Å². The van der Waals surface area contributed by atoms with Crippen molar-refractivity contribution in [1.29, 1.82) is 0 Å². The smallest absolute Gasteiger partial charge is 0.323 e. The molecule has 1 aromatic carbocycles. The van der Waals surface area contributed by atoms with E-state index in [1.165, 1.54) is 12.5 Å². The van der Waals surface area contributed by atoms with E-state index in [2.05, 4.69) is 11.9 Å². The zero-order valence-corrected chi connectivity index (χ0v) is 15.5. The Morgan fingerprint density at radius 1 is 1.22 bits per heavy atom. The molecule has 0 spiro atoms. The molecule has 1 amide bonds. The van der Waals surface area contributed by atoms with Crippen molar-refractivity contribution in [3.05, 3.63) is 54.1 Å². The van der Waals surface area contributed by atoms with Gasteiger partial charge in [-0.1, -0.05) is 56.2 Å². The van der Waals surface area contributed by atoms with Crippen molar-refractivity contribution >= 4 is 18.0 Å². The van der Waals surface area contributed by atoms with Gasteiger partial charge < -0.3 is 10.1 Å². The van der Waals surface area contributed by atoms with E-state index in [1.807, 2.05) is 24.3 Å². The standard InChI is InChI=1S/C21H28N2O4/c1-2-14-27-21(25)20(18-6-4-3-5-7-18)22-15-17-10-8-16(9-11-17)12-13-19(24)23-26/h2,8-13,18,20,22,26H,1,3-7,14-15H2,(H,23,24)/b13-12+/t20-/m0/s1. The Balaban J connectivity index is 1.96. The fraction of sp³-hybridized carbons (Fsp3) is 0.429. The highest BCUT2D eigenvalue weighted by Gasteiger charge is 2.30. The van der Waals surface area contributed by atoms with Crippen molar-refractivity contribution < 1.29 is 19.5 Å². The molecule has 1 aromatic rings. The van der Waals surface area contributed by atoms with Crippen LogP contribution in [0.1, 0.15) is 43.2 Å². The molecule has 6 nitrogen and oxygen atoms in total. The first-order valence-corrected chi connectivity index (χ1v) is 9.36. The molecule has 1 aliphatic rings. The summed E-state index contributed by atoms with van der Waals surface area (Å²) in [5.41, 5.74) is 3.43. The number of esters is 1. The van der Waals surface area contributed by atoms with Crippen LogP contribution in [0, 0.1) is 5.92 Å². The maximum absolute atomic E-state index is 12.5. The van der Waals surface area contributed by atoms with Crippen molar-refractivity contribution in [3.8, 4) is 0 Å². The molecule has 0 heterocycles. The second-order valence-electron chi connectivity index (χ2n) is 6.73. The summed E-state index contributed by atoms with van der Waals surface area (Å²) in [6.45, 7) is 4.38. The number of amides is 1. The van der Waals surface area contributed by atoms with Crippen LogP contribution in [-0.4, -0.2) is 29.7 Å². The molecule has 0 aromatic heterocycles. The highest BCUT2D eigenvalue weighted by Crippen LogP contribution is 2.27. The van der Waals surface area contributed by atoms with E-state index >= 15 is 0 Å². The third kappa shape index (κ3) is 7.00. The maximum Gasteiger partial charge on any atom is 0.323 e. The van der Waals surface area contributed by atoms with E-state index in [0.717, 1.165) is 36.8 Å². The molecule has 0 aliphatic heterocycles. The average molecular weight is 372 g/mol. The fourth-order valence-corrected chi connectivity index (χ4v) is 3.32. The largest absolute Gasteiger partial charge is 0.460 e. The van der Waals surface area contributed by atoms with Crippen molar-refractivity contribution in [3.63, 3.8) is 0 Å². The summed E-state index contributed by atoms with van der Waals surface area (Å²) in [5, 5.41) is 11.9. The molecule has 1 fully saturated rings. The van der Waals surface area contributed by atoms with Crippen LogP contribution in [0.15, 0.2) is 43.0 Å². The second-order valence-corrected chi connectivity index (χ2v) is 6.73. The van der Waals surface area contributed by atoms with Gasteiger partial charge in [-0.05, 0) is 36.0 Å². The van der Waals surface area contributed by atoms with Crippen LogP contribution < -0.4 is 10.8 Å². The molecule has 1 aliphatic carbocycles. The Kier molecular flexibility index (Phi) is 8.74. The van der Waals surface area contributed by atoms with Crippen LogP contribution in [0.2, 0.25) is 0 Å². The number of nitrogens with one attached hydrogen (secondary N) is 2. The molecular formula is C21H28N2O4. The van der Waals surface area contributed by atoms with Crippen molar-refractivity contribution in [2.24, 2.45) is 5.92 Å². The first-order valence-electron chi connectivity index (χ1n) is 9.36. The molecule has 0 saturated heterocycles. The van der Waals surface area contributed by atoms with Gasteiger partial charge in [0.25, 0.3) is 5.91 Å². The van der Waals surface area contributed by atoms with Crippen LogP contribution >= 0.6 is 0 Å². The summed E-state index contributed by atoms with van der Waals surface area (Å²) in [5.74, 6) is -0.485. The Labute approximate surface area is 160 Å². The number of ether oxygens (including phenoxy) is 1. The number of carbonyl (C=O) groups excluding carboxylic acids is 2. The first-order chi connectivity index (χ1) is 13.1. The molecule has 6 heteroatoms. The van der Waals surface area contributed by atoms with Gasteiger partial charge in [0.05, 0.1) is 0 Å². The van der Waals surface area contributed by atoms with Gasteiger partial charge >= 0.3 is 5.97 Å². The van der Waals surface area contributed by atoms with Crippen LogP contribution in [0.4, 0.5) is 0 Å². The third-order valence-corrected chi connectivity index (χ3v) is 4.76. The average Bonchev–Trinajstić information content (AvgIpc) is 2.72. The number of hydrogen-bond donors (Lipinski definition) is 3. The highest BCUT2D eigenvalue weighted by atomic mass is 16.5. The third-order valence-electron chi connectivity index (χ3n) is 4.76. The fourth-order valence-electron chi connectivity index (χ4n) is 3.32. The zero-order valence-electron chi connectivity index (χ0n) is 15.5. The summed E-state index contributed by atoms with van der Waals surface area (Å²) in [6, 6.07) is 7.33. The summed E-state index contributed by atoms with van der Waals surface area (Å²) in [4.78, 5) is 23.5.